The number of nitrogens with zero attached hydrogens (tertiary/aromatic N) is 3. The van der Waals surface area contributed by atoms with Gasteiger partial charge in [-0.3, -0.25) is 9.48 Å². The zero-order chi connectivity index (χ0) is 15.6. The molecule has 1 aromatic carbocycles. The van der Waals surface area contributed by atoms with Crippen LogP contribution in [-0.4, -0.2) is 41.1 Å². The summed E-state index contributed by atoms with van der Waals surface area (Å²) >= 11 is 6.18. The van der Waals surface area contributed by atoms with E-state index in [1.165, 1.54) is 6.20 Å². The Bertz CT molecular complexity index is 662. The van der Waals surface area contributed by atoms with E-state index in [0.717, 1.165) is 17.7 Å². The van der Waals surface area contributed by atoms with Gasteiger partial charge in [0.25, 0.3) is 0 Å². The van der Waals surface area contributed by atoms with E-state index in [-0.39, 0.29) is 5.78 Å². The second-order valence-corrected chi connectivity index (χ2v) is 5.92. The second kappa shape index (κ2) is 6.41. The number of aromatic nitrogens is 2. The van der Waals surface area contributed by atoms with Crippen molar-refractivity contribution in [3.63, 3.8) is 0 Å². The van der Waals surface area contributed by atoms with Gasteiger partial charge in [-0.25, -0.2) is 0 Å². The fourth-order valence-corrected chi connectivity index (χ4v) is 2.39. The molecular formula is C16H20ClN3O. The van der Waals surface area contributed by atoms with E-state index in [2.05, 4.69) is 5.10 Å². The molecule has 1 aromatic heterocycles. The monoisotopic (exact) mass is 305 g/mol. The van der Waals surface area contributed by atoms with Gasteiger partial charge in [0, 0.05) is 12.1 Å². The van der Waals surface area contributed by atoms with Crippen LogP contribution in [-0.2, 0) is 6.54 Å². The van der Waals surface area contributed by atoms with Crippen molar-refractivity contribution in [2.24, 2.45) is 0 Å². The van der Waals surface area contributed by atoms with Crippen LogP contribution in [0.2, 0.25) is 5.02 Å². The molecule has 0 saturated carbocycles. The van der Waals surface area contributed by atoms with Crippen molar-refractivity contribution in [2.75, 3.05) is 20.6 Å². The van der Waals surface area contributed by atoms with E-state index in [0.29, 0.717) is 22.8 Å². The highest BCUT2D eigenvalue weighted by molar-refractivity contribution is 6.34. The molecule has 0 unspecified atom stereocenters. The summed E-state index contributed by atoms with van der Waals surface area (Å²) in [4.78, 5) is 14.9. The highest BCUT2D eigenvalue weighted by Gasteiger charge is 2.20. The van der Waals surface area contributed by atoms with E-state index in [1.807, 2.05) is 51.0 Å². The Morgan fingerprint density at radius 1 is 1.33 bits per heavy atom. The molecule has 0 aliphatic heterocycles. The molecule has 21 heavy (non-hydrogen) atoms. The van der Waals surface area contributed by atoms with Crippen LogP contribution >= 0.6 is 11.6 Å². The zero-order valence-electron chi connectivity index (χ0n) is 12.9. The molecule has 0 amide bonds. The number of carbonyl (C=O) groups excluding carboxylic acids is 1. The Morgan fingerprint density at radius 2 is 2.05 bits per heavy atom. The lowest BCUT2D eigenvalue weighted by Crippen LogP contribution is -2.22. The predicted octanol–water partition coefficient (Wildman–Crippen LogP) is 2.95. The first-order valence-electron chi connectivity index (χ1n) is 6.88. The van der Waals surface area contributed by atoms with Crippen LogP contribution in [0.5, 0.6) is 0 Å². The minimum atomic E-state index is -0.0718. The zero-order valence-corrected chi connectivity index (χ0v) is 13.6. The van der Waals surface area contributed by atoms with Crippen LogP contribution in [0.4, 0.5) is 0 Å². The van der Waals surface area contributed by atoms with E-state index >= 15 is 0 Å². The Morgan fingerprint density at radius 3 is 2.71 bits per heavy atom. The number of halogens is 1. The lowest BCUT2D eigenvalue weighted by Gasteiger charge is -2.12. The smallest absolute Gasteiger partial charge is 0.212 e. The summed E-state index contributed by atoms with van der Waals surface area (Å²) in [5, 5.41) is 4.63. The lowest BCUT2D eigenvalue weighted by atomic mass is 10.00. The molecule has 0 fully saturated rings. The number of aryl methyl sites for hydroxylation is 2. The van der Waals surface area contributed by atoms with Gasteiger partial charge in [-0.1, -0.05) is 29.3 Å². The first-order chi connectivity index (χ1) is 9.90. The van der Waals surface area contributed by atoms with Crippen molar-refractivity contribution in [1.82, 2.24) is 14.7 Å². The topological polar surface area (TPSA) is 38.1 Å². The lowest BCUT2D eigenvalue weighted by molar-refractivity contribution is 0.102. The molecule has 0 spiro atoms. The summed E-state index contributed by atoms with van der Waals surface area (Å²) in [5.74, 6) is -0.0718. The number of hydrogen-bond acceptors (Lipinski definition) is 3. The molecule has 1 heterocycles. The highest BCUT2D eigenvalue weighted by Crippen LogP contribution is 2.22. The summed E-state index contributed by atoms with van der Waals surface area (Å²) in [6.45, 7) is 5.33. The molecule has 2 rings (SSSR count). The van der Waals surface area contributed by atoms with Gasteiger partial charge in [-0.15, -0.1) is 0 Å². The number of carbonyl (C=O) groups is 1. The predicted molar refractivity (Wildman–Crippen MR) is 85.1 cm³/mol. The number of rotatable bonds is 5. The summed E-state index contributed by atoms with van der Waals surface area (Å²) in [5.41, 5.74) is 3.15. The molecule has 0 aliphatic rings. The van der Waals surface area contributed by atoms with Gasteiger partial charge in [0.05, 0.1) is 17.8 Å². The number of ketones is 1. The van der Waals surface area contributed by atoms with Crippen molar-refractivity contribution in [1.29, 1.82) is 0 Å². The maximum Gasteiger partial charge on any atom is 0.212 e. The Hall–Kier alpha value is -1.65. The third-order valence-electron chi connectivity index (χ3n) is 3.41. The highest BCUT2D eigenvalue weighted by atomic mass is 35.5. The quantitative estimate of drug-likeness (QED) is 0.797. The van der Waals surface area contributed by atoms with Gasteiger partial charge in [-0.2, -0.15) is 5.10 Å². The third-order valence-corrected chi connectivity index (χ3v) is 3.68. The largest absolute Gasteiger partial charge is 0.308 e. The molecular weight excluding hydrogens is 286 g/mol. The first kappa shape index (κ1) is 15.7. The fourth-order valence-electron chi connectivity index (χ4n) is 2.16. The molecule has 0 N–H and O–H groups in total. The average Bonchev–Trinajstić information content (AvgIpc) is 2.79. The van der Waals surface area contributed by atoms with Crippen molar-refractivity contribution < 1.29 is 4.79 Å². The normalized spacial score (nSPS) is 11.1. The Labute approximate surface area is 130 Å². The molecule has 4 nitrogen and oxygen atoms in total. The van der Waals surface area contributed by atoms with Crippen LogP contribution < -0.4 is 0 Å². The van der Waals surface area contributed by atoms with Crippen LogP contribution in [0, 0.1) is 13.8 Å². The third kappa shape index (κ3) is 3.52. The van der Waals surface area contributed by atoms with Crippen molar-refractivity contribution >= 4 is 17.4 Å². The van der Waals surface area contributed by atoms with Crippen molar-refractivity contribution in [3.05, 3.63) is 51.8 Å². The fraction of sp³-hybridized carbons (Fsp3) is 0.375. The van der Waals surface area contributed by atoms with Gasteiger partial charge < -0.3 is 4.90 Å². The van der Waals surface area contributed by atoms with Gasteiger partial charge in [-0.05, 0) is 39.6 Å². The standard InChI is InChI=1S/C16H20ClN3O/c1-11-5-6-12(2)13(9-11)16(21)15-14(17)10-18-20(15)8-7-19(3)4/h5-6,9-10H,7-8H2,1-4H3. The number of likely N-dealkylation sites (N-methyl/N-ethyl adjacent to an activating group) is 1. The van der Waals surface area contributed by atoms with Crippen LogP contribution in [0.3, 0.4) is 0 Å². The molecule has 0 aliphatic carbocycles. The van der Waals surface area contributed by atoms with Crippen molar-refractivity contribution in [3.8, 4) is 0 Å². The minimum absolute atomic E-state index is 0.0718. The van der Waals surface area contributed by atoms with Crippen LogP contribution in [0.15, 0.2) is 24.4 Å². The van der Waals surface area contributed by atoms with Gasteiger partial charge in [0.15, 0.2) is 0 Å². The van der Waals surface area contributed by atoms with E-state index in [9.17, 15) is 4.79 Å². The van der Waals surface area contributed by atoms with E-state index in [1.54, 1.807) is 4.68 Å². The summed E-state index contributed by atoms with van der Waals surface area (Å²) in [7, 11) is 3.97. The maximum atomic E-state index is 12.8. The van der Waals surface area contributed by atoms with Crippen LogP contribution in [0.25, 0.3) is 0 Å². The second-order valence-electron chi connectivity index (χ2n) is 5.52. The molecule has 112 valence electrons. The molecule has 0 atom stereocenters. The van der Waals surface area contributed by atoms with Gasteiger partial charge in [0.2, 0.25) is 5.78 Å². The maximum absolute atomic E-state index is 12.8. The molecule has 0 radical (unpaired) electrons. The van der Waals surface area contributed by atoms with Gasteiger partial charge in [0.1, 0.15) is 5.69 Å². The molecule has 0 saturated heterocycles. The first-order valence-corrected chi connectivity index (χ1v) is 7.26. The molecule has 0 bridgehead atoms. The van der Waals surface area contributed by atoms with E-state index in [4.69, 9.17) is 11.6 Å². The molecule has 2 aromatic rings. The minimum Gasteiger partial charge on any atom is -0.308 e. The Balaban J connectivity index is 2.39. The molecule has 5 heteroatoms. The Kier molecular flexibility index (Phi) is 4.80. The SMILES string of the molecule is Cc1ccc(C)c(C(=O)c2c(Cl)cnn2CCN(C)C)c1. The van der Waals surface area contributed by atoms with Crippen molar-refractivity contribution in [2.45, 2.75) is 20.4 Å². The number of hydrogen-bond donors (Lipinski definition) is 0. The summed E-state index contributed by atoms with van der Waals surface area (Å²) in [6, 6.07) is 5.85. The van der Waals surface area contributed by atoms with E-state index < -0.39 is 0 Å². The van der Waals surface area contributed by atoms with Crippen LogP contribution in [0.1, 0.15) is 27.2 Å². The summed E-state index contributed by atoms with van der Waals surface area (Å²) in [6.07, 6.45) is 1.54. The average molecular weight is 306 g/mol. The number of benzene rings is 1. The van der Waals surface area contributed by atoms with Gasteiger partial charge >= 0.3 is 0 Å². The summed E-state index contributed by atoms with van der Waals surface area (Å²) < 4.78 is 1.69.